The van der Waals surface area contributed by atoms with Crippen LogP contribution in [0.5, 0.6) is 5.75 Å². The Labute approximate surface area is 359 Å². The summed E-state index contributed by atoms with van der Waals surface area (Å²) in [6.07, 6.45) is 4.25. The molecular formula is C48H50ClN5O5S. The van der Waals surface area contributed by atoms with E-state index < -0.39 is 16.9 Å². The maximum Gasteiger partial charge on any atom is 0.275 e. The van der Waals surface area contributed by atoms with Gasteiger partial charge in [0.15, 0.2) is 16.7 Å². The third kappa shape index (κ3) is 9.32. The second-order valence-corrected chi connectivity index (χ2v) is 16.8. The highest BCUT2D eigenvalue weighted by molar-refractivity contribution is 7.83. The summed E-state index contributed by atoms with van der Waals surface area (Å²) in [6, 6.07) is 31.9. The lowest BCUT2D eigenvalue weighted by molar-refractivity contribution is 0.0732. The minimum atomic E-state index is -1.95. The number of carbonyl (C=O) groups is 3. The van der Waals surface area contributed by atoms with Crippen LogP contribution in [0.4, 0.5) is 0 Å². The molecule has 1 N–H and O–H groups in total. The Morgan fingerprint density at radius 3 is 2.33 bits per heavy atom. The van der Waals surface area contributed by atoms with Crippen molar-refractivity contribution in [2.24, 2.45) is 0 Å². The van der Waals surface area contributed by atoms with Gasteiger partial charge >= 0.3 is 0 Å². The third-order valence-corrected chi connectivity index (χ3v) is 12.5. The zero-order valence-electron chi connectivity index (χ0n) is 34.5. The zero-order chi connectivity index (χ0) is 42.3. The Morgan fingerprint density at radius 1 is 0.867 bits per heavy atom. The van der Waals surface area contributed by atoms with Gasteiger partial charge in [-0.2, -0.15) is 5.10 Å². The van der Waals surface area contributed by atoms with Crippen molar-refractivity contribution in [3.8, 4) is 11.4 Å². The predicted molar refractivity (Wildman–Crippen MR) is 237 cm³/mol. The average molecular weight is 844 g/mol. The van der Waals surface area contributed by atoms with Crippen LogP contribution < -0.4 is 9.46 Å². The number of unbranched alkanes of at least 4 members (excludes halogenated alkanes) is 2. The van der Waals surface area contributed by atoms with Crippen molar-refractivity contribution in [3.63, 3.8) is 0 Å². The van der Waals surface area contributed by atoms with Crippen molar-refractivity contribution in [1.82, 2.24) is 24.3 Å². The normalized spacial score (nSPS) is 12.8. The number of benzene rings is 5. The number of ether oxygens (including phenoxy) is 1. The number of aromatic nitrogens is 2. The van der Waals surface area contributed by atoms with Crippen molar-refractivity contribution < 1.29 is 23.3 Å². The molecule has 0 bridgehead atoms. The number of halogens is 1. The highest BCUT2D eigenvalue weighted by Crippen LogP contribution is 2.31. The zero-order valence-corrected chi connectivity index (χ0v) is 36.1. The molecule has 6 aromatic rings. The SMILES string of the molecule is CCCCN(CCCC)C(=O)c1nn(-c2ccc(C(=O)NS(=O)c3ccc4cccc(OCc5ccc(C)cc5)c4c3)cc2C(=O)N2CCc3ccccc3C2)c(C)c1Cl. The van der Waals surface area contributed by atoms with Gasteiger partial charge in [-0.15, -0.1) is 0 Å². The van der Waals surface area contributed by atoms with Crippen molar-refractivity contribution in [3.05, 3.63) is 153 Å². The second kappa shape index (κ2) is 19.1. The van der Waals surface area contributed by atoms with Crippen LogP contribution in [0.15, 0.2) is 108 Å². The molecule has 60 heavy (non-hydrogen) atoms. The van der Waals surface area contributed by atoms with Crippen LogP contribution in [0, 0.1) is 13.8 Å². The molecule has 10 nitrogen and oxygen atoms in total. The Hall–Kier alpha value is -5.78. The first-order chi connectivity index (χ1) is 29.1. The van der Waals surface area contributed by atoms with Gasteiger partial charge in [0.2, 0.25) is 0 Å². The fourth-order valence-corrected chi connectivity index (χ4v) is 8.42. The number of hydrogen-bond donors (Lipinski definition) is 1. The molecule has 0 saturated carbocycles. The maximum absolute atomic E-state index is 14.6. The van der Waals surface area contributed by atoms with Crippen molar-refractivity contribution in [2.45, 2.75) is 77.8 Å². The van der Waals surface area contributed by atoms with Gasteiger partial charge in [-0.1, -0.05) is 111 Å². The van der Waals surface area contributed by atoms with E-state index in [1.807, 2.05) is 73.7 Å². The molecule has 1 aromatic heterocycles. The van der Waals surface area contributed by atoms with Gasteiger partial charge in [-0.05, 0) is 91.6 Å². The van der Waals surface area contributed by atoms with Crippen LogP contribution in [0.2, 0.25) is 5.02 Å². The molecule has 7 rings (SSSR count). The molecule has 12 heteroatoms. The van der Waals surface area contributed by atoms with E-state index in [4.69, 9.17) is 21.4 Å². The standard InChI is InChI=1S/C48H50ClN5O5S/c1-5-7-25-52(26-8-6-2)48(57)45-44(49)33(4)54(50-45)42-23-21-37(28-41(42)47(56)53-27-24-35-12-9-10-13-38(35)30-53)46(55)51-60(58)39-22-20-36-14-11-15-43(40(36)29-39)59-31-34-18-16-32(3)17-19-34/h9-23,28-29H,5-8,24-27,30-31H2,1-4H3,(H,51,55). The summed E-state index contributed by atoms with van der Waals surface area (Å²) in [6.45, 7) is 10.4. The van der Waals surface area contributed by atoms with Gasteiger partial charge in [-0.25, -0.2) is 8.89 Å². The van der Waals surface area contributed by atoms with Crippen molar-refractivity contribution in [2.75, 3.05) is 19.6 Å². The van der Waals surface area contributed by atoms with Crippen LogP contribution in [-0.4, -0.2) is 61.1 Å². The lowest BCUT2D eigenvalue weighted by Crippen LogP contribution is -2.37. The first-order valence-corrected chi connectivity index (χ1v) is 22.1. The number of carbonyl (C=O) groups excluding carboxylic acids is 3. The molecule has 0 saturated heterocycles. The lowest BCUT2D eigenvalue weighted by Gasteiger charge is -2.29. The van der Waals surface area contributed by atoms with Crippen LogP contribution in [0.1, 0.15) is 98.7 Å². The monoisotopic (exact) mass is 843 g/mol. The number of amides is 3. The first-order valence-electron chi connectivity index (χ1n) is 20.5. The van der Waals surface area contributed by atoms with E-state index in [9.17, 15) is 18.6 Å². The molecule has 0 radical (unpaired) electrons. The molecule has 0 fully saturated rings. The number of rotatable bonds is 15. The van der Waals surface area contributed by atoms with Gasteiger partial charge in [-0.3, -0.25) is 19.1 Å². The summed E-state index contributed by atoms with van der Waals surface area (Å²) in [4.78, 5) is 46.4. The summed E-state index contributed by atoms with van der Waals surface area (Å²) in [5.41, 5.74) is 5.72. The summed E-state index contributed by atoms with van der Waals surface area (Å²) in [5, 5.41) is 6.60. The first kappa shape index (κ1) is 42.3. The fraction of sp³-hybridized carbons (Fsp3) is 0.292. The minimum absolute atomic E-state index is 0.114. The molecule has 310 valence electrons. The molecule has 0 spiro atoms. The van der Waals surface area contributed by atoms with Crippen LogP contribution in [0.3, 0.4) is 0 Å². The van der Waals surface area contributed by atoms with E-state index in [-0.39, 0.29) is 33.7 Å². The topological polar surface area (TPSA) is 114 Å². The van der Waals surface area contributed by atoms with E-state index in [2.05, 4.69) is 24.6 Å². The number of fused-ring (bicyclic) bond motifs is 2. The van der Waals surface area contributed by atoms with Gasteiger partial charge in [0.1, 0.15) is 12.4 Å². The second-order valence-electron chi connectivity index (χ2n) is 15.2. The maximum atomic E-state index is 14.6. The Balaban J connectivity index is 1.19. The molecule has 1 unspecified atom stereocenters. The van der Waals surface area contributed by atoms with Gasteiger partial charge < -0.3 is 14.5 Å². The molecule has 3 amide bonds. The number of nitrogens with one attached hydrogen (secondary N) is 1. The summed E-state index contributed by atoms with van der Waals surface area (Å²) < 4.78 is 24.2. The average Bonchev–Trinajstić information content (AvgIpc) is 3.57. The highest BCUT2D eigenvalue weighted by atomic mass is 35.5. The van der Waals surface area contributed by atoms with Gasteiger partial charge in [0.05, 0.1) is 26.9 Å². The number of aryl methyl sites for hydroxylation is 1. The minimum Gasteiger partial charge on any atom is -0.488 e. The van der Waals surface area contributed by atoms with Gasteiger partial charge in [0.25, 0.3) is 17.7 Å². The largest absolute Gasteiger partial charge is 0.488 e. The Bertz CT molecular complexity index is 2560. The van der Waals surface area contributed by atoms with Crippen LogP contribution in [-0.2, 0) is 30.6 Å². The molecule has 0 aliphatic carbocycles. The van der Waals surface area contributed by atoms with Crippen molar-refractivity contribution >= 4 is 51.1 Å². The van der Waals surface area contributed by atoms with E-state index in [1.165, 1.54) is 16.3 Å². The van der Waals surface area contributed by atoms with E-state index in [1.54, 1.807) is 41.0 Å². The Morgan fingerprint density at radius 2 is 1.60 bits per heavy atom. The highest BCUT2D eigenvalue weighted by Gasteiger charge is 2.29. The molecular weight excluding hydrogens is 794 g/mol. The predicted octanol–water partition coefficient (Wildman–Crippen LogP) is 9.57. The summed E-state index contributed by atoms with van der Waals surface area (Å²) >= 11 is 6.87. The number of nitrogens with zero attached hydrogens (tertiary/aromatic N) is 4. The van der Waals surface area contributed by atoms with E-state index in [0.717, 1.165) is 53.1 Å². The lowest BCUT2D eigenvalue weighted by atomic mass is 9.98. The third-order valence-electron chi connectivity index (χ3n) is 11.0. The molecule has 1 atom stereocenters. The van der Waals surface area contributed by atoms with Crippen LogP contribution >= 0.6 is 11.6 Å². The molecule has 1 aliphatic heterocycles. The molecule has 5 aromatic carbocycles. The van der Waals surface area contributed by atoms with Crippen LogP contribution in [0.25, 0.3) is 16.5 Å². The molecule has 1 aliphatic rings. The smallest absolute Gasteiger partial charge is 0.275 e. The fourth-order valence-electron chi connectivity index (χ4n) is 7.40. The quantitative estimate of drug-likeness (QED) is 0.110. The molecule has 2 heterocycles. The van der Waals surface area contributed by atoms with E-state index >= 15 is 0 Å². The van der Waals surface area contributed by atoms with Gasteiger partial charge in [0, 0.05) is 37.1 Å². The number of hydrogen-bond acceptors (Lipinski definition) is 6. The van der Waals surface area contributed by atoms with Crippen molar-refractivity contribution in [1.29, 1.82) is 0 Å². The van der Waals surface area contributed by atoms with E-state index in [0.29, 0.717) is 61.2 Å². The Kier molecular flexibility index (Phi) is 13.5. The summed E-state index contributed by atoms with van der Waals surface area (Å²) in [5.74, 6) is -0.572. The summed E-state index contributed by atoms with van der Waals surface area (Å²) in [7, 11) is -1.95.